The van der Waals surface area contributed by atoms with Crippen molar-refractivity contribution in [3.05, 3.63) is 131 Å². The third kappa shape index (κ3) is 6.81. The fraction of sp³-hybridized carbons (Fsp3) is 0.333. The van der Waals surface area contributed by atoms with Gasteiger partial charge in [0.2, 0.25) is 0 Å². The summed E-state index contributed by atoms with van der Waals surface area (Å²) in [6.45, 7) is 5.34. The summed E-state index contributed by atoms with van der Waals surface area (Å²) >= 11 is 0. The maximum atomic E-state index is 11.1. The van der Waals surface area contributed by atoms with E-state index in [1.807, 2.05) is 80.7 Å². The predicted octanol–water partition coefficient (Wildman–Crippen LogP) is 6.15. The van der Waals surface area contributed by atoms with Gasteiger partial charge in [0, 0.05) is 30.6 Å². The van der Waals surface area contributed by atoms with Crippen molar-refractivity contribution >= 4 is 0 Å². The summed E-state index contributed by atoms with van der Waals surface area (Å²) in [4.78, 5) is 2.17. The minimum absolute atomic E-state index is 0.00266. The second-order valence-electron chi connectivity index (χ2n) is 11.4. The smallest absolute Gasteiger partial charge is 0.184 e. The highest BCUT2D eigenvalue weighted by Crippen LogP contribution is 2.42. The van der Waals surface area contributed by atoms with Crippen molar-refractivity contribution in [2.45, 2.75) is 57.6 Å². The summed E-state index contributed by atoms with van der Waals surface area (Å²) in [5.74, 6) is 0.0445. The summed E-state index contributed by atoms with van der Waals surface area (Å²) < 4.78 is 13.3. The van der Waals surface area contributed by atoms with E-state index < -0.39 is 12.4 Å². The number of benzene rings is 4. The molecule has 0 radical (unpaired) electrons. The van der Waals surface area contributed by atoms with Gasteiger partial charge >= 0.3 is 0 Å². The Labute approximate surface area is 249 Å². The van der Waals surface area contributed by atoms with Crippen molar-refractivity contribution in [2.75, 3.05) is 13.6 Å². The van der Waals surface area contributed by atoms with Gasteiger partial charge in [-0.25, -0.2) is 0 Å². The number of hydrogen-bond donors (Lipinski definition) is 3. The van der Waals surface area contributed by atoms with Crippen molar-refractivity contribution in [3.63, 3.8) is 0 Å². The number of nitrogens with two attached hydrogens (primary N) is 1. The van der Waals surface area contributed by atoms with Gasteiger partial charge in [-0.2, -0.15) is 0 Å². The van der Waals surface area contributed by atoms with Crippen molar-refractivity contribution in [2.24, 2.45) is 11.7 Å². The third-order valence-corrected chi connectivity index (χ3v) is 8.56. The van der Waals surface area contributed by atoms with E-state index in [0.717, 1.165) is 38.9 Å². The molecule has 0 bridgehead atoms. The van der Waals surface area contributed by atoms with Crippen LogP contribution in [-0.2, 0) is 22.6 Å². The number of aliphatic hydroxyl groups excluding tert-OH is 2. The average Bonchev–Trinajstić information content (AvgIpc) is 3.05. The Kier molecular flexibility index (Phi) is 9.85. The number of aliphatic hydroxyl groups is 2. The van der Waals surface area contributed by atoms with Crippen molar-refractivity contribution in [3.8, 4) is 11.1 Å². The first-order valence-electron chi connectivity index (χ1n) is 14.7. The van der Waals surface area contributed by atoms with Crippen LogP contribution in [0.15, 0.2) is 103 Å². The van der Waals surface area contributed by atoms with Gasteiger partial charge in [0.15, 0.2) is 6.29 Å². The SMILES string of the molecule is C[C@H]1[C@@H](CN(C)[C@H](C)[C@@H](O)c2ccccc2)O[C@@H](c2ccc(-c3cccc(CN)c3)cc2)O[C@H]1c1ccc(CO)cc1. The fourth-order valence-electron chi connectivity index (χ4n) is 5.66. The highest BCUT2D eigenvalue weighted by molar-refractivity contribution is 5.64. The Balaban J connectivity index is 1.39. The maximum absolute atomic E-state index is 11.1. The Bertz CT molecular complexity index is 1410. The van der Waals surface area contributed by atoms with E-state index in [-0.39, 0.29) is 30.8 Å². The number of hydrogen-bond acceptors (Lipinski definition) is 6. The first-order valence-corrected chi connectivity index (χ1v) is 14.7. The van der Waals surface area contributed by atoms with Crippen LogP contribution in [0.2, 0.25) is 0 Å². The Morgan fingerprint density at radius 1 is 0.810 bits per heavy atom. The van der Waals surface area contributed by atoms with Gasteiger partial charge < -0.3 is 25.4 Å². The summed E-state index contributed by atoms with van der Waals surface area (Å²) in [6.07, 6.45) is -1.53. The lowest BCUT2D eigenvalue weighted by atomic mass is 9.89. The molecule has 6 heteroatoms. The van der Waals surface area contributed by atoms with Crippen LogP contribution in [0.3, 0.4) is 0 Å². The number of likely N-dealkylation sites (N-methyl/N-ethyl adjacent to an activating group) is 1. The molecule has 1 saturated heterocycles. The summed E-state index contributed by atoms with van der Waals surface area (Å²) in [5, 5.41) is 20.6. The van der Waals surface area contributed by atoms with E-state index in [0.29, 0.717) is 13.1 Å². The van der Waals surface area contributed by atoms with Crippen LogP contribution in [0.25, 0.3) is 11.1 Å². The molecule has 0 aliphatic carbocycles. The molecule has 4 aromatic carbocycles. The second-order valence-corrected chi connectivity index (χ2v) is 11.4. The number of ether oxygens (including phenoxy) is 2. The minimum Gasteiger partial charge on any atom is -0.392 e. The van der Waals surface area contributed by atoms with E-state index >= 15 is 0 Å². The molecule has 0 unspecified atom stereocenters. The summed E-state index contributed by atoms with van der Waals surface area (Å²) in [6, 6.07) is 34.2. The predicted molar refractivity (Wildman–Crippen MR) is 166 cm³/mol. The Morgan fingerprint density at radius 3 is 2.17 bits per heavy atom. The van der Waals surface area contributed by atoms with E-state index in [2.05, 4.69) is 48.2 Å². The molecule has 5 rings (SSSR count). The molecule has 1 fully saturated rings. The molecule has 42 heavy (non-hydrogen) atoms. The summed E-state index contributed by atoms with van der Waals surface area (Å²) in [7, 11) is 2.03. The van der Waals surface area contributed by atoms with Crippen LogP contribution in [0.4, 0.5) is 0 Å². The largest absolute Gasteiger partial charge is 0.392 e. The lowest BCUT2D eigenvalue weighted by Gasteiger charge is -2.43. The first-order chi connectivity index (χ1) is 20.4. The quantitative estimate of drug-likeness (QED) is 0.213. The minimum atomic E-state index is -0.616. The Morgan fingerprint density at radius 2 is 1.50 bits per heavy atom. The normalized spacial score (nSPS) is 22.2. The zero-order valence-electron chi connectivity index (χ0n) is 24.6. The van der Waals surface area contributed by atoms with Gasteiger partial charge in [-0.05, 0) is 53.4 Å². The molecule has 1 heterocycles. The highest BCUT2D eigenvalue weighted by Gasteiger charge is 2.39. The molecular formula is C36H42N2O4. The molecule has 1 aliphatic rings. The molecule has 0 amide bonds. The highest BCUT2D eigenvalue weighted by atomic mass is 16.7. The molecule has 0 saturated carbocycles. The maximum Gasteiger partial charge on any atom is 0.184 e. The van der Waals surface area contributed by atoms with Crippen LogP contribution in [0.5, 0.6) is 0 Å². The van der Waals surface area contributed by atoms with E-state index in [1.54, 1.807) is 0 Å². The lowest BCUT2D eigenvalue weighted by Crippen LogP contribution is -2.46. The second kappa shape index (κ2) is 13.7. The van der Waals surface area contributed by atoms with Crippen molar-refractivity contribution < 1.29 is 19.7 Å². The monoisotopic (exact) mass is 566 g/mol. The van der Waals surface area contributed by atoms with Crippen LogP contribution in [-0.4, -0.2) is 40.9 Å². The van der Waals surface area contributed by atoms with E-state index in [4.69, 9.17) is 15.2 Å². The van der Waals surface area contributed by atoms with Gasteiger partial charge in [-0.3, -0.25) is 4.90 Å². The molecule has 6 nitrogen and oxygen atoms in total. The van der Waals surface area contributed by atoms with Crippen LogP contribution in [0, 0.1) is 5.92 Å². The first kappa shape index (κ1) is 30.1. The van der Waals surface area contributed by atoms with Gasteiger partial charge in [0.1, 0.15) is 0 Å². The number of nitrogens with zero attached hydrogens (tertiary/aromatic N) is 1. The zero-order chi connectivity index (χ0) is 29.6. The fourth-order valence-corrected chi connectivity index (χ4v) is 5.66. The zero-order valence-corrected chi connectivity index (χ0v) is 24.6. The van der Waals surface area contributed by atoms with Crippen molar-refractivity contribution in [1.29, 1.82) is 0 Å². The molecule has 0 spiro atoms. The molecule has 1 aliphatic heterocycles. The average molecular weight is 567 g/mol. The van der Waals surface area contributed by atoms with Crippen LogP contribution in [0.1, 0.15) is 60.2 Å². The Hall–Kier alpha value is -3.36. The van der Waals surface area contributed by atoms with Crippen LogP contribution >= 0.6 is 0 Å². The lowest BCUT2D eigenvalue weighted by molar-refractivity contribution is -0.276. The molecular weight excluding hydrogens is 524 g/mol. The molecule has 6 atom stereocenters. The standard InChI is InChI=1S/C36H42N2O4/c1-24-33(22-38(3)25(2)34(40)29-9-5-4-6-10-29)41-36(42-35(24)30-14-12-26(23-39)13-15-30)31-18-16-28(17-19-31)32-11-7-8-27(20-32)21-37/h4-20,24-25,33-36,39-40H,21-23,37H2,1-3H3/t24-,25+,33+,34+,35+,36+/m0/s1. The summed E-state index contributed by atoms with van der Waals surface area (Å²) in [5.41, 5.74) is 12.9. The molecule has 4 aromatic rings. The number of rotatable bonds is 10. The van der Waals surface area contributed by atoms with E-state index in [9.17, 15) is 10.2 Å². The van der Waals surface area contributed by atoms with Gasteiger partial charge in [0.25, 0.3) is 0 Å². The van der Waals surface area contributed by atoms with E-state index in [1.165, 1.54) is 0 Å². The van der Waals surface area contributed by atoms with Gasteiger partial charge in [0.05, 0.1) is 24.9 Å². The van der Waals surface area contributed by atoms with Gasteiger partial charge in [-0.15, -0.1) is 0 Å². The van der Waals surface area contributed by atoms with Crippen LogP contribution < -0.4 is 5.73 Å². The molecule has 220 valence electrons. The molecule has 4 N–H and O–H groups in total. The molecule has 0 aromatic heterocycles. The third-order valence-electron chi connectivity index (χ3n) is 8.56. The topological polar surface area (TPSA) is 88.2 Å². The van der Waals surface area contributed by atoms with Gasteiger partial charge in [-0.1, -0.05) is 104 Å². The van der Waals surface area contributed by atoms with Crippen molar-refractivity contribution in [1.82, 2.24) is 4.90 Å².